The fourth-order valence-corrected chi connectivity index (χ4v) is 6.90. The molecule has 0 atom stereocenters. The number of aryl methyl sites for hydroxylation is 1. The average molecular weight is 309 g/mol. The Bertz CT molecular complexity index is 391. The van der Waals surface area contributed by atoms with Crippen molar-refractivity contribution in [3.05, 3.63) is 29.8 Å². The zero-order valence-corrected chi connectivity index (χ0v) is 16.0. The number of rotatable bonds is 8. The molecule has 122 valence electrons. The first-order valence-corrected chi connectivity index (χ1v) is 10.9. The maximum absolute atomic E-state index is 2.45. The Morgan fingerprint density at radius 2 is 1.38 bits per heavy atom. The molecular weight excluding hydrogens is 272 g/mol. The van der Waals surface area contributed by atoms with Crippen LogP contribution in [0.3, 0.4) is 0 Å². The molecular formula is C20H36S. The molecule has 1 aromatic carbocycles. The van der Waals surface area contributed by atoms with E-state index in [4.69, 9.17) is 0 Å². The summed E-state index contributed by atoms with van der Waals surface area (Å²) in [5, 5.41) is 0. The predicted molar refractivity (Wildman–Crippen MR) is 101 cm³/mol. The molecule has 0 aromatic heterocycles. The quantitative estimate of drug-likeness (QED) is 0.503. The van der Waals surface area contributed by atoms with Gasteiger partial charge in [0, 0.05) is 0 Å². The van der Waals surface area contributed by atoms with Gasteiger partial charge in [0.1, 0.15) is 0 Å². The zero-order valence-electron chi connectivity index (χ0n) is 15.2. The highest BCUT2D eigenvalue weighted by molar-refractivity contribution is 8.33. The molecule has 0 aliphatic heterocycles. The van der Waals surface area contributed by atoms with Gasteiger partial charge in [-0.3, -0.25) is 0 Å². The van der Waals surface area contributed by atoms with Gasteiger partial charge in [-0.05, 0) is 70.9 Å². The Morgan fingerprint density at radius 3 is 1.76 bits per heavy atom. The van der Waals surface area contributed by atoms with Crippen LogP contribution in [0.1, 0.15) is 66.4 Å². The normalized spacial score (nSPS) is 13.4. The lowest BCUT2D eigenvalue weighted by molar-refractivity contribution is 0.378. The molecule has 0 heterocycles. The Hall–Kier alpha value is -0.430. The van der Waals surface area contributed by atoms with Crippen LogP contribution in [0.4, 0.5) is 0 Å². The van der Waals surface area contributed by atoms with Gasteiger partial charge in [-0.15, -0.1) is 0 Å². The molecule has 0 saturated heterocycles. The van der Waals surface area contributed by atoms with Gasteiger partial charge in [0.15, 0.2) is 0 Å². The maximum atomic E-state index is 2.45. The number of hydrogen-bond acceptors (Lipinski definition) is 0. The Kier molecular flexibility index (Phi) is 7.33. The zero-order chi connectivity index (χ0) is 15.9. The highest BCUT2D eigenvalue weighted by Gasteiger charge is 2.22. The van der Waals surface area contributed by atoms with E-state index in [-0.39, 0.29) is 0 Å². The molecule has 1 rings (SSSR count). The third kappa shape index (κ3) is 5.70. The topological polar surface area (TPSA) is 0 Å². The molecule has 0 spiro atoms. The SMILES string of the molecule is CCCS(CC)(CCC)c1ccc(CCC(C)(C)C)cc1. The summed E-state index contributed by atoms with van der Waals surface area (Å²) in [6.45, 7) is 14.1. The molecule has 21 heavy (non-hydrogen) atoms. The summed E-state index contributed by atoms with van der Waals surface area (Å²) in [7, 11) is -0.573. The Balaban J connectivity index is 2.87. The summed E-state index contributed by atoms with van der Waals surface area (Å²) in [5.74, 6) is 4.15. The van der Waals surface area contributed by atoms with Crippen LogP contribution in [-0.2, 0) is 6.42 Å². The largest absolute Gasteiger partial charge is 0.215 e. The van der Waals surface area contributed by atoms with Crippen molar-refractivity contribution in [2.75, 3.05) is 17.3 Å². The van der Waals surface area contributed by atoms with E-state index in [1.54, 1.807) is 4.90 Å². The first-order chi connectivity index (χ1) is 9.87. The summed E-state index contributed by atoms with van der Waals surface area (Å²) in [6, 6.07) is 9.68. The van der Waals surface area contributed by atoms with Crippen LogP contribution in [0.5, 0.6) is 0 Å². The smallest absolute Gasteiger partial charge is 0.00989 e. The first-order valence-electron chi connectivity index (χ1n) is 8.72. The van der Waals surface area contributed by atoms with Crippen molar-refractivity contribution in [3.63, 3.8) is 0 Å². The fraction of sp³-hybridized carbons (Fsp3) is 0.700. The molecule has 0 amide bonds. The summed E-state index contributed by atoms with van der Waals surface area (Å²) < 4.78 is 0. The second-order valence-electron chi connectivity index (χ2n) is 7.45. The Morgan fingerprint density at radius 1 is 0.857 bits per heavy atom. The van der Waals surface area contributed by atoms with Crippen LogP contribution >= 0.6 is 10.0 Å². The van der Waals surface area contributed by atoms with Crippen molar-refractivity contribution in [3.8, 4) is 0 Å². The lowest BCUT2D eigenvalue weighted by Gasteiger charge is -2.39. The van der Waals surface area contributed by atoms with Crippen molar-refractivity contribution in [2.24, 2.45) is 5.41 Å². The van der Waals surface area contributed by atoms with Crippen LogP contribution in [0.2, 0.25) is 0 Å². The maximum Gasteiger partial charge on any atom is -0.00989 e. The van der Waals surface area contributed by atoms with Crippen LogP contribution < -0.4 is 0 Å². The molecule has 0 radical (unpaired) electrons. The van der Waals surface area contributed by atoms with Gasteiger partial charge in [-0.25, -0.2) is 10.0 Å². The van der Waals surface area contributed by atoms with Gasteiger partial charge >= 0.3 is 0 Å². The highest BCUT2D eigenvalue weighted by atomic mass is 32.3. The van der Waals surface area contributed by atoms with Crippen molar-refractivity contribution >= 4 is 10.0 Å². The van der Waals surface area contributed by atoms with Gasteiger partial charge in [0.05, 0.1) is 0 Å². The minimum atomic E-state index is -0.573. The second-order valence-corrected chi connectivity index (χ2v) is 11.4. The van der Waals surface area contributed by atoms with Crippen LogP contribution in [0, 0.1) is 5.41 Å². The fourth-order valence-electron chi connectivity index (χ4n) is 3.04. The second kappa shape index (κ2) is 8.27. The molecule has 0 saturated carbocycles. The van der Waals surface area contributed by atoms with Crippen molar-refractivity contribution in [1.29, 1.82) is 0 Å². The third-order valence-corrected chi connectivity index (χ3v) is 9.09. The summed E-state index contributed by atoms with van der Waals surface area (Å²) >= 11 is 0. The van der Waals surface area contributed by atoms with E-state index in [0.717, 1.165) is 0 Å². The van der Waals surface area contributed by atoms with E-state index in [9.17, 15) is 0 Å². The minimum absolute atomic E-state index is 0.432. The van der Waals surface area contributed by atoms with Crippen LogP contribution in [0.15, 0.2) is 29.2 Å². The van der Waals surface area contributed by atoms with Crippen LogP contribution in [-0.4, -0.2) is 17.3 Å². The van der Waals surface area contributed by atoms with Gasteiger partial charge in [-0.2, -0.15) is 0 Å². The molecule has 0 bridgehead atoms. The van der Waals surface area contributed by atoms with Crippen molar-refractivity contribution in [1.82, 2.24) is 0 Å². The molecule has 0 fully saturated rings. The summed E-state index contributed by atoms with van der Waals surface area (Å²) in [5.41, 5.74) is 1.94. The molecule has 0 aliphatic rings. The third-order valence-electron chi connectivity index (χ3n) is 4.33. The van der Waals surface area contributed by atoms with Crippen molar-refractivity contribution < 1.29 is 0 Å². The molecule has 0 nitrogen and oxygen atoms in total. The Labute approximate surface area is 135 Å². The highest BCUT2D eigenvalue weighted by Crippen LogP contribution is 2.56. The predicted octanol–water partition coefficient (Wildman–Crippen LogP) is 6.67. The molecule has 1 heteroatoms. The van der Waals surface area contributed by atoms with Crippen LogP contribution in [0.25, 0.3) is 0 Å². The number of benzene rings is 1. The van der Waals surface area contributed by atoms with Gasteiger partial charge < -0.3 is 0 Å². The standard InChI is InChI=1S/C20H36S/c1-7-16-21(9-3,17-8-2)19-12-10-18(11-13-19)14-15-20(4,5)6/h10-13H,7-9,14-17H2,1-6H3. The van der Waals surface area contributed by atoms with E-state index in [0.29, 0.717) is 5.41 Å². The van der Waals surface area contributed by atoms with Gasteiger partial charge in [0.2, 0.25) is 0 Å². The average Bonchev–Trinajstić information content (AvgIpc) is 2.44. The lowest BCUT2D eigenvalue weighted by Crippen LogP contribution is -2.12. The summed E-state index contributed by atoms with van der Waals surface area (Å²) in [6.07, 6.45) is 5.10. The van der Waals surface area contributed by atoms with Gasteiger partial charge in [-0.1, -0.05) is 53.7 Å². The first kappa shape index (κ1) is 18.6. The molecule has 0 N–H and O–H groups in total. The lowest BCUT2D eigenvalue weighted by atomic mass is 9.89. The number of hydrogen-bond donors (Lipinski definition) is 0. The van der Waals surface area contributed by atoms with E-state index in [2.05, 4.69) is 65.8 Å². The van der Waals surface area contributed by atoms with E-state index < -0.39 is 10.0 Å². The monoisotopic (exact) mass is 308 g/mol. The van der Waals surface area contributed by atoms with E-state index in [1.807, 2.05) is 0 Å². The van der Waals surface area contributed by atoms with Crippen molar-refractivity contribution in [2.45, 2.75) is 72.1 Å². The summed E-state index contributed by atoms with van der Waals surface area (Å²) in [4.78, 5) is 1.65. The van der Waals surface area contributed by atoms with E-state index in [1.165, 1.54) is 48.5 Å². The molecule has 0 aliphatic carbocycles. The molecule has 1 aromatic rings. The van der Waals surface area contributed by atoms with Gasteiger partial charge in [0.25, 0.3) is 0 Å². The van der Waals surface area contributed by atoms with E-state index >= 15 is 0 Å². The minimum Gasteiger partial charge on any atom is -0.215 e. The molecule has 0 unspecified atom stereocenters.